The number of rotatable bonds is 5. The smallest absolute Gasteiger partial charge is 0.311 e. The number of nitrogens with zero attached hydrogens (tertiary/aromatic N) is 3. The molecule has 9 nitrogen and oxygen atoms in total. The number of aliphatic carboxylic acids is 1. The zero-order chi connectivity index (χ0) is 15.6. The third kappa shape index (κ3) is 2.87. The molecule has 0 aliphatic carbocycles. The van der Waals surface area contributed by atoms with Gasteiger partial charge in [-0.25, -0.2) is 4.98 Å². The normalized spacial score (nSPS) is 21.2. The van der Waals surface area contributed by atoms with Crippen LogP contribution in [0.2, 0.25) is 0 Å². The van der Waals surface area contributed by atoms with E-state index in [0.717, 1.165) is 0 Å². The van der Waals surface area contributed by atoms with E-state index in [1.807, 2.05) is 6.92 Å². The highest BCUT2D eigenvalue weighted by Gasteiger charge is 2.38. The van der Waals surface area contributed by atoms with Gasteiger partial charge >= 0.3 is 11.7 Å². The lowest BCUT2D eigenvalue weighted by atomic mass is 10.0. The highest BCUT2D eigenvalue weighted by atomic mass is 16.6. The molecule has 9 heteroatoms. The summed E-state index contributed by atoms with van der Waals surface area (Å²) in [6.07, 6.45) is 0. The fraction of sp³-hybridized carbons (Fsp3) is 0.500. The molecule has 1 saturated heterocycles. The Kier molecular flexibility index (Phi) is 4.22. The zero-order valence-corrected chi connectivity index (χ0v) is 11.4. The molecule has 1 aliphatic rings. The number of pyridine rings is 1. The number of nitrogen functional groups attached to an aromatic ring is 1. The van der Waals surface area contributed by atoms with Gasteiger partial charge in [0.25, 0.3) is 0 Å². The molecule has 114 valence electrons. The van der Waals surface area contributed by atoms with Gasteiger partial charge in [-0.05, 0) is 13.0 Å². The summed E-state index contributed by atoms with van der Waals surface area (Å²) in [5, 5.41) is 19.9. The van der Waals surface area contributed by atoms with Crippen molar-refractivity contribution >= 4 is 23.3 Å². The maximum Gasteiger partial charge on any atom is 0.311 e. The average molecular weight is 296 g/mol. The molecule has 0 bridgehead atoms. The molecular formula is C12H16N4O5. The van der Waals surface area contributed by atoms with Gasteiger partial charge < -0.3 is 20.5 Å². The summed E-state index contributed by atoms with van der Waals surface area (Å²) in [4.78, 5) is 27.1. The number of nitrogens with two attached hydrogens (primary N) is 1. The van der Waals surface area contributed by atoms with Crippen LogP contribution in [-0.4, -0.2) is 46.8 Å². The summed E-state index contributed by atoms with van der Waals surface area (Å²) >= 11 is 0. The minimum Gasteiger partial charge on any atom is -0.481 e. The number of anilines is 2. The van der Waals surface area contributed by atoms with Gasteiger partial charge in [0, 0.05) is 12.6 Å². The lowest BCUT2D eigenvalue weighted by Crippen LogP contribution is -2.43. The molecular weight excluding hydrogens is 280 g/mol. The van der Waals surface area contributed by atoms with Gasteiger partial charge in [-0.2, -0.15) is 0 Å². The second-order valence-electron chi connectivity index (χ2n) is 4.67. The maximum atomic E-state index is 11.2. The van der Waals surface area contributed by atoms with Gasteiger partial charge in [0.05, 0.1) is 24.2 Å². The van der Waals surface area contributed by atoms with Crippen molar-refractivity contribution in [2.45, 2.75) is 13.0 Å². The Balaban J connectivity index is 2.31. The van der Waals surface area contributed by atoms with E-state index in [0.29, 0.717) is 12.4 Å². The summed E-state index contributed by atoms with van der Waals surface area (Å²) < 4.78 is 5.24. The molecule has 2 unspecified atom stereocenters. The summed E-state index contributed by atoms with van der Waals surface area (Å²) in [5.74, 6) is -1.39. The molecule has 0 radical (unpaired) electrons. The van der Waals surface area contributed by atoms with Crippen LogP contribution in [0.4, 0.5) is 17.3 Å². The first kappa shape index (κ1) is 15.0. The SMILES string of the molecule is CCN(c1ccc([N+](=O)[O-])c(N)n1)C1COCC1C(=O)O. The molecule has 0 spiro atoms. The minimum absolute atomic E-state index is 0.138. The van der Waals surface area contributed by atoms with Crippen LogP contribution in [0, 0.1) is 16.0 Å². The summed E-state index contributed by atoms with van der Waals surface area (Å²) in [6, 6.07) is 2.36. The van der Waals surface area contributed by atoms with Gasteiger partial charge in [0.2, 0.25) is 5.82 Å². The fourth-order valence-corrected chi connectivity index (χ4v) is 2.42. The Morgan fingerprint density at radius 2 is 2.33 bits per heavy atom. The van der Waals surface area contributed by atoms with E-state index in [-0.39, 0.29) is 30.8 Å². The van der Waals surface area contributed by atoms with E-state index in [9.17, 15) is 20.0 Å². The Labute approximate surface area is 120 Å². The van der Waals surface area contributed by atoms with Crippen LogP contribution in [0.1, 0.15) is 6.92 Å². The van der Waals surface area contributed by atoms with Crippen molar-refractivity contribution in [2.24, 2.45) is 5.92 Å². The molecule has 0 aromatic carbocycles. The van der Waals surface area contributed by atoms with Crippen molar-refractivity contribution in [2.75, 3.05) is 30.4 Å². The van der Waals surface area contributed by atoms with Crippen LogP contribution in [0.3, 0.4) is 0 Å². The number of hydrogen-bond donors (Lipinski definition) is 2. The molecule has 1 aliphatic heterocycles. The van der Waals surface area contributed by atoms with Gasteiger partial charge in [0.1, 0.15) is 11.7 Å². The van der Waals surface area contributed by atoms with Gasteiger partial charge in [-0.1, -0.05) is 0 Å². The lowest BCUT2D eigenvalue weighted by Gasteiger charge is -2.30. The largest absolute Gasteiger partial charge is 0.481 e. The molecule has 0 amide bonds. The van der Waals surface area contributed by atoms with Crippen molar-refractivity contribution in [1.82, 2.24) is 4.98 Å². The Morgan fingerprint density at radius 1 is 1.62 bits per heavy atom. The number of nitro groups is 1. The van der Waals surface area contributed by atoms with Gasteiger partial charge in [-0.3, -0.25) is 14.9 Å². The molecule has 2 rings (SSSR count). The molecule has 21 heavy (non-hydrogen) atoms. The zero-order valence-electron chi connectivity index (χ0n) is 11.4. The van der Waals surface area contributed by atoms with Crippen molar-refractivity contribution in [3.63, 3.8) is 0 Å². The van der Waals surface area contributed by atoms with E-state index in [2.05, 4.69) is 4.98 Å². The van der Waals surface area contributed by atoms with Crippen molar-refractivity contribution in [1.29, 1.82) is 0 Å². The summed E-state index contributed by atoms with van der Waals surface area (Å²) in [7, 11) is 0. The van der Waals surface area contributed by atoms with Crippen LogP contribution in [0.5, 0.6) is 0 Å². The third-order valence-electron chi connectivity index (χ3n) is 3.49. The van der Waals surface area contributed by atoms with E-state index in [4.69, 9.17) is 10.5 Å². The second-order valence-corrected chi connectivity index (χ2v) is 4.67. The highest BCUT2D eigenvalue weighted by Crippen LogP contribution is 2.28. The van der Waals surface area contributed by atoms with E-state index >= 15 is 0 Å². The number of aromatic nitrogens is 1. The average Bonchev–Trinajstić information content (AvgIpc) is 2.88. The van der Waals surface area contributed by atoms with Crippen LogP contribution >= 0.6 is 0 Å². The highest BCUT2D eigenvalue weighted by molar-refractivity contribution is 5.72. The number of carboxylic acid groups (broad SMARTS) is 1. The quantitative estimate of drug-likeness (QED) is 0.593. The molecule has 1 aromatic rings. The fourth-order valence-electron chi connectivity index (χ4n) is 2.42. The number of likely N-dealkylation sites (N-methyl/N-ethyl adjacent to an activating group) is 1. The monoisotopic (exact) mass is 296 g/mol. The number of ether oxygens (including phenoxy) is 1. The molecule has 0 saturated carbocycles. The first-order chi connectivity index (χ1) is 9.95. The topological polar surface area (TPSA) is 132 Å². The Bertz CT molecular complexity index is 565. The maximum absolute atomic E-state index is 11.2. The number of carbonyl (C=O) groups is 1. The Morgan fingerprint density at radius 3 is 2.86 bits per heavy atom. The minimum atomic E-state index is -0.939. The van der Waals surface area contributed by atoms with Crippen molar-refractivity contribution in [3.05, 3.63) is 22.2 Å². The summed E-state index contributed by atoms with van der Waals surface area (Å²) in [6.45, 7) is 2.74. The van der Waals surface area contributed by atoms with Crippen LogP contribution < -0.4 is 10.6 Å². The molecule has 2 heterocycles. The van der Waals surface area contributed by atoms with Crippen LogP contribution in [-0.2, 0) is 9.53 Å². The van der Waals surface area contributed by atoms with Crippen molar-refractivity contribution < 1.29 is 19.6 Å². The van der Waals surface area contributed by atoms with Gasteiger partial charge in [0.15, 0.2) is 0 Å². The Hall–Kier alpha value is -2.42. The first-order valence-electron chi connectivity index (χ1n) is 6.43. The molecule has 1 aromatic heterocycles. The third-order valence-corrected chi connectivity index (χ3v) is 3.49. The van der Waals surface area contributed by atoms with Crippen LogP contribution in [0.15, 0.2) is 12.1 Å². The lowest BCUT2D eigenvalue weighted by molar-refractivity contribution is -0.384. The first-order valence-corrected chi connectivity index (χ1v) is 6.43. The second kappa shape index (κ2) is 5.92. The van der Waals surface area contributed by atoms with Crippen molar-refractivity contribution in [3.8, 4) is 0 Å². The molecule has 2 atom stereocenters. The van der Waals surface area contributed by atoms with E-state index < -0.39 is 16.8 Å². The molecule has 1 fully saturated rings. The summed E-state index contributed by atoms with van der Waals surface area (Å²) in [5.41, 5.74) is 5.31. The van der Waals surface area contributed by atoms with Gasteiger partial charge in [-0.15, -0.1) is 0 Å². The number of hydrogen-bond acceptors (Lipinski definition) is 7. The van der Waals surface area contributed by atoms with Crippen LogP contribution in [0.25, 0.3) is 0 Å². The number of carboxylic acids is 1. The van der Waals surface area contributed by atoms with E-state index in [1.54, 1.807) is 4.90 Å². The van der Waals surface area contributed by atoms with E-state index in [1.165, 1.54) is 12.1 Å². The standard InChI is InChI=1S/C12H16N4O5/c1-2-15(9-6-21-5-7(9)12(17)18)10-4-3-8(16(19)20)11(13)14-10/h3-4,7,9H,2,5-6H2,1H3,(H2,13,14)(H,17,18). The predicted molar refractivity (Wildman–Crippen MR) is 74.1 cm³/mol. The predicted octanol–water partition coefficient (Wildman–Crippen LogP) is 0.498. The molecule has 3 N–H and O–H groups in total.